The number of carbonyl (C=O) groups is 2. The zero-order valence-corrected chi connectivity index (χ0v) is 10.6. The van der Waals surface area contributed by atoms with Crippen LogP contribution in [0.4, 0.5) is 5.69 Å². The fourth-order valence-corrected chi connectivity index (χ4v) is 2.28. The Bertz CT molecular complexity index is 503. The predicted octanol–water partition coefficient (Wildman–Crippen LogP) is 0.175. The van der Waals surface area contributed by atoms with E-state index < -0.39 is 17.9 Å². The van der Waals surface area contributed by atoms with Crippen LogP contribution in [0.15, 0.2) is 24.3 Å². The smallest absolute Gasteiger partial charge is 0.312 e. The van der Waals surface area contributed by atoms with Gasteiger partial charge in [-0.05, 0) is 11.6 Å². The number of carbonyl (C=O) groups excluding carboxylic acids is 1. The summed E-state index contributed by atoms with van der Waals surface area (Å²) in [4.78, 5) is 24.9. The summed E-state index contributed by atoms with van der Waals surface area (Å²) in [6.45, 7) is 0.222. The van der Waals surface area contributed by atoms with Gasteiger partial charge in [-0.15, -0.1) is 0 Å². The number of nitrogens with two attached hydrogens (primary N) is 1. The maximum Gasteiger partial charge on any atom is 0.312 e. The van der Waals surface area contributed by atoms with Gasteiger partial charge in [0, 0.05) is 19.3 Å². The molecule has 0 bridgehead atoms. The molecule has 0 saturated heterocycles. The van der Waals surface area contributed by atoms with E-state index in [1.165, 1.54) is 12.0 Å². The van der Waals surface area contributed by atoms with Crippen molar-refractivity contribution in [3.63, 3.8) is 0 Å². The second-order valence-corrected chi connectivity index (χ2v) is 4.46. The summed E-state index contributed by atoms with van der Waals surface area (Å²) >= 11 is 0. The van der Waals surface area contributed by atoms with Crippen LogP contribution >= 0.6 is 0 Å². The standard InChI is InChI=1S/C13H16N2O4/c1-19-7-10(14)12(16)15-6-9(13(17)18)8-4-2-3-5-11(8)15/h2-5,9-10H,6-7,14H2,1H3,(H,17,18). The lowest BCUT2D eigenvalue weighted by Crippen LogP contribution is -2.46. The molecule has 2 unspecified atom stereocenters. The highest BCUT2D eigenvalue weighted by Gasteiger charge is 2.37. The van der Waals surface area contributed by atoms with Crippen LogP contribution in [-0.4, -0.2) is 43.3 Å². The Hall–Kier alpha value is -1.92. The monoisotopic (exact) mass is 264 g/mol. The van der Waals surface area contributed by atoms with E-state index in [1.807, 2.05) is 0 Å². The van der Waals surface area contributed by atoms with Gasteiger partial charge in [0.25, 0.3) is 0 Å². The number of aliphatic carboxylic acids is 1. The second kappa shape index (κ2) is 5.38. The highest BCUT2D eigenvalue weighted by molar-refractivity contribution is 6.01. The number of nitrogens with zero attached hydrogens (tertiary/aromatic N) is 1. The number of hydrogen-bond donors (Lipinski definition) is 2. The number of para-hydroxylation sites is 1. The molecule has 1 aromatic rings. The molecule has 0 aromatic heterocycles. The molecule has 0 aliphatic carbocycles. The molecule has 0 spiro atoms. The molecule has 1 aliphatic rings. The van der Waals surface area contributed by atoms with Gasteiger partial charge >= 0.3 is 5.97 Å². The summed E-state index contributed by atoms with van der Waals surface area (Å²) in [6, 6.07) is 6.20. The van der Waals surface area contributed by atoms with Gasteiger partial charge in [-0.25, -0.2) is 0 Å². The lowest BCUT2D eigenvalue weighted by Gasteiger charge is -2.21. The van der Waals surface area contributed by atoms with Crippen molar-refractivity contribution in [3.8, 4) is 0 Å². The van der Waals surface area contributed by atoms with Crippen molar-refractivity contribution in [2.45, 2.75) is 12.0 Å². The molecule has 1 heterocycles. The van der Waals surface area contributed by atoms with Gasteiger partial charge in [0.15, 0.2) is 0 Å². The first-order chi connectivity index (χ1) is 9.06. The number of anilines is 1. The molecule has 1 amide bonds. The van der Waals surface area contributed by atoms with Crippen LogP contribution in [0, 0.1) is 0 Å². The van der Waals surface area contributed by atoms with Crippen molar-refractivity contribution in [1.82, 2.24) is 0 Å². The lowest BCUT2D eigenvalue weighted by atomic mass is 10.0. The zero-order chi connectivity index (χ0) is 14.0. The van der Waals surface area contributed by atoms with Gasteiger partial charge in [0.05, 0.1) is 6.61 Å². The van der Waals surface area contributed by atoms with E-state index in [1.54, 1.807) is 24.3 Å². The summed E-state index contributed by atoms with van der Waals surface area (Å²) in [7, 11) is 1.46. The van der Waals surface area contributed by atoms with Gasteiger partial charge in [0.1, 0.15) is 12.0 Å². The van der Waals surface area contributed by atoms with Crippen LogP contribution in [0.3, 0.4) is 0 Å². The number of carboxylic acid groups (broad SMARTS) is 1. The van der Waals surface area contributed by atoms with Gasteiger partial charge in [-0.3, -0.25) is 9.59 Å². The number of ether oxygens (including phenoxy) is 1. The number of hydrogen-bond acceptors (Lipinski definition) is 4. The van der Waals surface area contributed by atoms with Gasteiger partial charge in [-0.1, -0.05) is 18.2 Å². The third-order valence-corrected chi connectivity index (χ3v) is 3.20. The molecular formula is C13H16N2O4. The van der Waals surface area contributed by atoms with Crippen molar-refractivity contribution < 1.29 is 19.4 Å². The number of benzene rings is 1. The summed E-state index contributed by atoms with van der Waals surface area (Å²) in [5.74, 6) is -1.96. The summed E-state index contributed by atoms with van der Waals surface area (Å²) in [5, 5.41) is 9.21. The topological polar surface area (TPSA) is 92.9 Å². The zero-order valence-electron chi connectivity index (χ0n) is 10.6. The Kier molecular flexibility index (Phi) is 3.82. The number of fused-ring (bicyclic) bond motifs is 1. The van der Waals surface area contributed by atoms with Gasteiger partial charge < -0.3 is 20.5 Å². The van der Waals surface area contributed by atoms with Gasteiger partial charge in [-0.2, -0.15) is 0 Å². The van der Waals surface area contributed by atoms with E-state index in [0.717, 1.165) is 0 Å². The summed E-state index contributed by atoms with van der Waals surface area (Å²) < 4.78 is 4.86. The quantitative estimate of drug-likeness (QED) is 0.809. The summed E-state index contributed by atoms with van der Waals surface area (Å²) in [5.41, 5.74) is 6.99. The molecule has 19 heavy (non-hydrogen) atoms. The fourth-order valence-electron chi connectivity index (χ4n) is 2.28. The molecule has 1 aromatic carbocycles. The number of methoxy groups -OCH3 is 1. The molecular weight excluding hydrogens is 248 g/mol. The van der Waals surface area contributed by atoms with E-state index in [4.69, 9.17) is 10.5 Å². The highest BCUT2D eigenvalue weighted by atomic mass is 16.5. The van der Waals surface area contributed by atoms with E-state index in [2.05, 4.69) is 0 Å². The molecule has 0 radical (unpaired) electrons. The van der Waals surface area contributed by atoms with E-state index >= 15 is 0 Å². The lowest BCUT2D eigenvalue weighted by molar-refractivity contribution is -0.138. The average Bonchev–Trinajstić information content (AvgIpc) is 2.78. The van der Waals surface area contributed by atoms with Crippen LogP contribution < -0.4 is 10.6 Å². The Labute approximate surface area is 110 Å². The minimum Gasteiger partial charge on any atom is -0.481 e. The average molecular weight is 264 g/mol. The van der Waals surface area contributed by atoms with Crippen LogP contribution in [0.2, 0.25) is 0 Å². The minimum atomic E-state index is -0.942. The Balaban J connectivity index is 2.30. The Morgan fingerprint density at radius 2 is 2.21 bits per heavy atom. The molecule has 2 rings (SSSR count). The molecule has 6 nitrogen and oxygen atoms in total. The van der Waals surface area contributed by atoms with Crippen LogP contribution in [0.5, 0.6) is 0 Å². The van der Waals surface area contributed by atoms with Gasteiger partial charge in [0.2, 0.25) is 5.91 Å². The van der Waals surface area contributed by atoms with Crippen molar-refractivity contribution >= 4 is 17.6 Å². The van der Waals surface area contributed by atoms with Crippen molar-refractivity contribution in [2.75, 3.05) is 25.2 Å². The summed E-state index contributed by atoms with van der Waals surface area (Å²) in [6.07, 6.45) is 0. The molecule has 3 N–H and O–H groups in total. The normalized spacial score (nSPS) is 19.1. The highest BCUT2D eigenvalue weighted by Crippen LogP contribution is 2.36. The maximum absolute atomic E-state index is 12.2. The first-order valence-electron chi connectivity index (χ1n) is 5.94. The first kappa shape index (κ1) is 13.5. The molecule has 2 atom stereocenters. The third kappa shape index (κ3) is 2.45. The van der Waals surface area contributed by atoms with E-state index in [0.29, 0.717) is 11.3 Å². The first-order valence-corrected chi connectivity index (χ1v) is 5.94. The largest absolute Gasteiger partial charge is 0.481 e. The van der Waals surface area contributed by atoms with Crippen LogP contribution in [-0.2, 0) is 14.3 Å². The Morgan fingerprint density at radius 1 is 1.53 bits per heavy atom. The van der Waals surface area contributed by atoms with E-state index in [9.17, 15) is 14.7 Å². The number of amides is 1. The molecule has 102 valence electrons. The Morgan fingerprint density at radius 3 is 2.84 bits per heavy atom. The molecule has 6 heteroatoms. The predicted molar refractivity (Wildman–Crippen MR) is 69.0 cm³/mol. The minimum absolute atomic E-state index is 0.106. The maximum atomic E-state index is 12.2. The third-order valence-electron chi connectivity index (χ3n) is 3.20. The second-order valence-electron chi connectivity index (χ2n) is 4.46. The number of carboxylic acids is 1. The fraction of sp³-hybridized carbons (Fsp3) is 0.385. The van der Waals surface area contributed by atoms with Crippen molar-refractivity contribution in [2.24, 2.45) is 5.73 Å². The SMILES string of the molecule is COCC(N)C(=O)N1CC(C(=O)O)c2ccccc21. The molecule has 0 saturated carbocycles. The van der Waals surface area contributed by atoms with Crippen molar-refractivity contribution in [1.29, 1.82) is 0 Å². The van der Waals surface area contributed by atoms with E-state index in [-0.39, 0.29) is 19.1 Å². The number of rotatable bonds is 4. The van der Waals surface area contributed by atoms with Crippen LogP contribution in [0.1, 0.15) is 11.5 Å². The van der Waals surface area contributed by atoms with Crippen molar-refractivity contribution in [3.05, 3.63) is 29.8 Å². The van der Waals surface area contributed by atoms with Crippen LogP contribution in [0.25, 0.3) is 0 Å². The molecule has 0 fully saturated rings. The molecule has 1 aliphatic heterocycles.